The highest BCUT2D eigenvalue weighted by molar-refractivity contribution is 4.84. The fourth-order valence-electron chi connectivity index (χ4n) is 1.82. The van der Waals surface area contributed by atoms with Gasteiger partial charge in [0, 0.05) is 12.6 Å². The van der Waals surface area contributed by atoms with E-state index in [0.29, 0.717) is 6.61 Å². The normalized spacial score (nSPS) is 24.9. The first kappa shape index (κ1) is 13.9. The van der Waals surface area contributed by atoms with E-state index in [1.54, 1.807) is 0 Å². The Morgan fingerprint density at radius 2 is 1.93 bits per heavy atom. The Hall–Kier alpha value is -0.0800. The minimum absolute atomic E-state index is 0.344. The molecule has 0 aromatic heterocycles. The van der Waals surface area contributed by atoms with Gasteiger partial charge in [-0.25, -0.2) is 0 Å². The first-order chi connectivity index (χ1) is 6.79. The topological polar surface area (TPSA) is 32.3 Å². The van der Waals surface area contributed by atoms with Crippen molar-refractivity contribution in [2.24, 2.45) is 5.92 Å². The van der Waals surface area contributed by atoms with Crippen molar-refractivity contribution >= 4 is 0 Å². The molecular weight excluding hydrogens is 174 g/mol. The van der Waals surface area contributed by atoms with E-state index in [9.17, 15) is 0 Å². The standard InChI is InChI=1S/C8H17N.C4H10O/c1-3-4-7-5-6-8(7)9-2;1-2-3-4-5/h7-9H,3-6H2,1-2H3;5H,2-4H2,1H3. The van der Waals surface area contributed by atoms with E-state index in [4.69, 9.17) is 5.11 Å². The monoisotopic (exact) mass is 201 g/mol. The van der Waals surface area contributed by atoms with Crippen LogP contribution in [0.25, 0.3) is 0 Å². The van der Waals surface area contributed by atoms with Gasteiger partial charge in [0.05, 0.1) is 0 Å². The second-order valence-corrected chi connectivity index (χ2v) is 4.10. The lowest BCUT2D eigenvalue weighted by molar-refractivity contribution is 0.206. The molecule has 0 spiro atoms. The van der Waals surface area contributed by atoms with Gasteiger partial charge < -0.3 is 10.4 Å². The van der Waals surface area contributed by atoms with E-state index in [1.807, 2.05) is 0 Å². The fraction of sp³-hybridized carbons (Fsp3) is 1.00. The largest absolute Gasteiger partial charge is 0.396 e. The van der Waals surface area contributed by atoms with Gasteiger partial charge in [0.25, 0.3) is 0 Å². The molecule has 2 unspecified atom stereocenters. The zero-order valence-electron chi connectivity index (χ0n) is 10.1. The number of unbranched alkanes of at least 4 members (excludes halogenated alkanes) is 1. The fourth-order valence-corrected chi connectivity index (χ4v) is 1.82. The molecule has 0 aliphatic heterocycles. The van der Waals surface area contributed by atoms with Crippen LogP contribution in [-0.4, -0.2) is 24.8 Å². The number of aliphatic hydroxyl groups is 1. The van der Waals surface area contributed by atoms with Gasteiger partial charge in [0.2, 0.25) is 0 Å². The molecule has 2 atom stereocenters. The lowest BCUT2D eigenvalue weighted by Gasteiger charge is -2.36. The summed E-state index contributed by atoms with van der Waals surface area (Å²) in [6.07, 6.45) is 7.67. The Morgan fingerprint density at radius 1 is 1.21 bits per heavy atom. The molecule has 1 aliphatic carbocycles. The average Bonchev–Trinajstić information content (AvgIpc) is 2.16. The zero-order valence-corrected chi connectivity index (χ0v) is 10.1. The summed E-state index contributed by atoms with van der Waals surface area (Å²) in [6.45, 7) is 4.66. The van der Waals surface area contributed by atoms with Crippen LogP contribution in [0.3, 0.4) is 0 Å². The molecule has 0 amide bonds. The third-order valence-electron chi connectivity index (χ3n) is 2.96. The van der Waals surface area contributed by atoms with Gasteiger partial charge in [-0.05, 0) is 38.6 Å². The van der Waals surface area contributed by atoms with Crippen molar-refractivity contribution in [3.63, 3.8) is 0 Å². The average molecular weight is 201 g/mol. The summed E-state index contributed by atoms with van der Waals surface area (Å²) in [5, 5.41) is 11.4. The van der Waals surface area contributed by atoms with Crippen molar-refractivity contribution in [2.45, 2.75) is 58.4 Å². The van der Waals surface area contributed by atoms with Crippen LogP contribution in [0.4, 0.5) is 0 Å². The molecule has 2 N–H and O–H groups in total. The van der Waals surface area contributed by atoms with Crippen LogP contribution in [0, 0.1) is 5.92 Å². The molecule has 86 valence electrons. The molecule has 1 rings (SSSR count). The Bertz CT molecular complexity index is 113. The molecule has 2 nitrogen and oxygen atoms in total. The van der Waals surface area contributed by atoms with E-state index < -0.39 is 0 Å². The molecule has 0 radical (unpaired) electrons. The van der Waals surface area contributed by atoms with Crippen molar-refractivity contribution in [1.82, 2.24) is 5.32 Å². The first-order valence-electron chi connectivity index (χ1n) is 6.08. The number of rotatable bonds is 5. The van der Waals surface area contributed by atoms with Crippen LogP contribution >= 0.6 is 0 Å². The zero-order chi connectivity index (χ0) is 10.8. The third kappa shape index (κ3) is 5.61. The molecule has 1 saturated carbocycles. The molecule has 2 heteroatoms. The molecule has 14 heavy (non-hydrogen) atoms. The summed E-state index contributed by atoms with van der Waals surface area (Å²) in [6, 6.07) is 0.852. The summed E-state index contributed by atoms with van der Waals surface area (Å²) in [4.78, 5) is 0. The third-order valence-corrected chi connectivity index (χ3v) is 2.96. The number of hydrogen-bond donors (Lipinski definition) is 2. The minimum Gasteiger partial charge on any atom is -0.396 e. The van der Waals surface area contributed by atoms with Crippen molar-refractivity contribution < 1.29 is 5.11 Å². The highest BCUT2D eigenvalue weighted by Gasteiger charge is 2.27. The van der Waals surface area contributed by atoms with E-state index in [1.165, 1.54) is 25.7 Å². The lowest BCUT2D eigenvalue weighted by Crippen LogP contribution is -2.41. The maximum Gasteiger partial charge on any atom is 0.0430 e. The van der Waals surface area contributed by atoms with E-state index in [2.05, 4.69) is 26.2 Å². The minimum atomic E-state index is 0.344. The predicted octanol–water partition coefficient (Wildman–Crippen LogP) is 2.56. The highest BCUT2D eigenvalue weighted by atomic mass is 16.2. The van der Waals surface area contributed by atoms with Crippen molar-refractivity contribution in [3.8, 4) is 0 Å². The van der Waals surface area contributed by atoms with Crippen LogP contribution in [-0.2, 0) is 0 Å². The Balaban J connectivity index is 0.000000292. The predicted molar refractivity (Wildman–Crippen MR) is 62.5 cm³/mol. The van der Waals surface area contributed by atoms with Crippen LogP contribution in [0.2, 0.25) is 0 Å². The van der Waals surface area contributed by atoms with Gasteiger partial charge in [-0.2, -0.15) is 0 Å². The summed E-state index contributed by atoms with van der Waals surface area (Å²) in [7, 11) is 2.08. The van der Waals surface area contributed by atoms with Gasteiger partial charge >= 0.3 is 0 Å². The highest BCUT2D eigenvalue weighted by Crippen LogP contribution is 2.30. The summed E-state index contributed by atoms with van der Waals surface area (Å²) < 4.78 is 0. The second-order valence-electron chi connectivity index (χ2n) is 4.10. The maximum atomic E-state index is 8.07. The van der Waals surface area contributed by atoms with Crippen LogP contribution in [0.1, 0.15) is 52.4 Å². The van der Waals surface area contributed by atoms with Gasteiger partial charge in [-0.1, -0.05) is 26.7 Å². The van der Waals surface area contributed by atoms with Gasteiger partial charge in [-0.15, -0.1) is 0 Å². The molecule has 0 heterocycles. The molecule has 1 fully saturated rings. The van der Waals surface area contributed by atoms with E-state index in [0.717, 1.165) is 24.8 Å². The Morgan fingerprint density at radius 3 is 2.14 bits per heavy atom. The van der Waals surface area contributed by atoms with E-state index >= 15 is 0 Å². The Kier molecular flexibility index (Phi) is 9.42. The SMILES string of the molecule is CCCC1CCC1NC.CCCCO. The molecule has 0 bridgehead atoms. The first-order valence-corrected chi connectivity index (χ1v) is 6.08. The quantitative estimate of drug-likeness (QED) is 0.716. The second kappa shape index (κ2) is 9.47. The van der Waals surface area contributed by atoms with Gasteiger partial charge in [0.15, 0.2) is 0 Å². The van der Waals surface area contributed by atoms with Gasteiger partial charge in [-0.3, -0.25) is 0 Å². The van der Waals surface area contributed by atoms with Crippen LogP contribution in [0.15, 0.2) is 0 Å². The number of hydrogen-bond acceptors (Lipinski definition) is 2. The number of aliphatic hydroxyl groups excluding tert-OH is 1. The number of nitrogens with one attached hydrogen (secondary N) is 1. The summed E-state index contributed by atoms with van der Waals surface area (Å²) >= 11 is 0. The van der Waals surface area contributed by atoms with Crippen molar-refractivity contribution in [2.75, 3.05) is 13.7 Å². The van der Waals surface area contributed by atoms with Crippen LogP contribution < -0.4 is 5.32 Å². The summed E-state index contributed by atoms with van der Waals surface area (Å²) in [5.41, 5.74) is 0. The maximum absolute atomic E-state index is 8.07. The van der Waals surface area contributed by atoms with Gasteiger partial charge in [0.1, 0.15) is 0 Å². The van der Waals surface area contributed by atoms with E-state index in [-0.39, 0.29) is 0 Å². The smallest absolute Gasteiger partial charge is 0.0430 e. The molecule has 0 aromatic carbocycles. The van der Waals surface area contributed by atoms with Crippen LogP contribution in [0.5, 0.6) is 0 Å². The Labute approximate surface area is 89.1 Å². The molecule has 0 saturated heterocycles. The lowest BCUT2D eigenvalue weighted by atomic mass is 9.77. The molecule has 1 aliphatic rings. The molecular formula is C12H27NO. The molecule has 0 aromatic rings. The van der Waals surface area contributed by atoms with Crippen molar-refractivity contribution in [3.05, 3.63) is 0 Å². The van der Waals surface area contributed by atoms with Crippen molar-refractivity contribution in [1.29, 1.82) is 0 Å². The summed E-state index contributed by atoms with van der Waals surface area (Å²) in [5.74, 6) is 1.000.